The van der Waals surface area contributed by atoms with E-state index in [0.29, 0.717) is 15.1 Å². The van der Waals surface area contributed by atoms with Crippen LogP contribution in [-0.4, -0.2) is 16.3 Å². The van der Waals surface area contributed by atoms with Gasteiger partial charge >= 0.3 is 0 Å². The molecule has 0 saturated heterocycles. The normalized spacial score (nSPS) is 25.8. The minimum atomic E-state index is 0.578. The predicted octanol–water partition coefficient (Wildman–Crippen LogP) is 9.53. The van der Waals surface area contributed by atoms with Crippen molar-refractivity contribution in [2.75, 3.05) is 6.54 Å². The summed E-state index contributed by atoms with van der Waals surface area (Å²) in [4.78, 5) is 0. The molecule has 0 amide bonds. The molecule has 1 heterocycles. The number of nitrogens with one attached hydrogen (secondary N) is 1. The van der Waals surface area contributed by atoms with Gasteiger partial charge in [0.25, 0.3) is 0 Å². The van der Waals surface area contributed by atoms with Gasteiger partial charge in [-0.2, -0.15) is 5.10 Å². The number of halogens is 3. The zero-order valence-electron chi connectivity index (χ0n) is 22.2. The van der Waals surface area contributed by atoms with Crippen molar-refractivity contribution < 1.29 is 0 Å². The first-order chi connectivity index (χ1) is 18.5. The monoisotopic (exact) mass is 569 g/mol. The molecule has 4 fully saturated rings. The van der Waals surface area contributed by atoms with Crippen molar-refractivity contribution in [3.63, 3.8) is 0 Å². The lowest BCUT2D eigenvalue weighted by Crippen LogP contribution is -2.44. The van der Waals surface area contributed by atoms with Crippen LogP contribution in [0.2, 0.25) is 15.1 Å². The predicted molar refractivity (Wildman–Crippen MR) is 159 cm³/mol. The third-order valence-corrected chi connectivity index (χ3v) is 10.4. The molecular formula is C32H38Cl3N3. The zero-order chi connectivity index (χ0) is 26.2. The summed E-state index contributed by atoms with van der Waals surface area (Å²) in [5.74, 6) is 5.33. The fraction of sp³-hybridized carbons (Fsp3) is 0.531. The van der Waals surface area contributed by atoms with E-state index in [1.807, 2.05) is 41.1 Å². The lowest BCUT2D eigenvalue weighted by atomic mass is 9.51. The third-order valence-electron chi connectivity index (χ3n) is 9.58. The number of aromatic nitrogens is 2. The van der Waals surface area contributed by atoms with E-state index in [1.54, 1.807) is 38.2 Å². The van der Waals surface area contributed by atoms with E-state index >= 15 is 0 Å². The topological polar surface area (TPSA) is 29.9 Å². The molecule has 0 spiro atoms. The Hall–Kier alpha value is -1.52. The van der Waals surface area contributed by atoms with Gasteiger partial charge in [-0.25, -0.2) is 4.68 Å². The molecule has 4 bridgehead atoms. The Balaban J connectivity index is 1.06. The van der Waals surface area contributed by atoms with Crippen molar-refractivity contribution in [1.82, 2.24) is 15.1 Å². The van der Waals surface area contributed by atoms with Crippen LogP contribution in [0, 0.1) is 36.5 Å². The van der Waals surface area contributed by atoms with Gasteiger partial charge in [-0.1, -0.05) is 59.8 Å². The highest BCUT2D eigenvalue weighted by Crippen LogP contribution is 2.57. The SMILES string of the molecule is Cc1c(CNCCCCCC2C3CC4CC(C3)CC2C4)nn(-c2ccc(Cl)cc2Cl)c1-c1ccc(Cl)cc1. The summed E-state index contributed by atoms with van der Waals surface area (Å²) < 4.78 is 1.94. The Morgan fingerprint density at radius 1 is 0.842 bits per heavy atom. The van der Waals surface area contributed by atoms with Crippen LogP contribution in [0.4, 0.5) is 0 Å². The van der Waals surface area contributed by atoms with Crippen LogP contribution in [0.3, 0.4) is 0 Å². The van der Waals surface area contributed by atoms with Gasteiger partial charge in [0.2, 0.25) is 0 Å². The highest BCUT2D eigenvalue weighted by Gasteiger charge is 2.47. The summed E-state index contributed by atoms with van der Waals surface area (Å²) >= 11 is 18.9. The van der Waals surface area contributed by atoms with E-state index in [9.17, 15) is 0 Å². The van der Waals surface area contributed by atoms with Gasteiger partial charge < -0.3 is 5.32 Å². The number of rotatable bonds is 10. The largest absolute Gasteiger partial charge is 0.311 e. The molecule has 202 valence electrons. The third kappa shape index (κ3) is 5.55. The Labute approximate surface area is 242 Å². The molecule has 6 heteroatoms. The number of hydrogen-bond donors (Lipinski definition) is 1. The van der Waals surface area contributed by atoms with Crippen LogP contribution < -0.4 is 5.32 Å². The molecule has 1 N–H and O–H groups in total. The van der Waals surface area contributed by atoms with Crippen molar-refractivity contribution >= 4 is 34.8 Å². The van der Waals surface area contributed by atoms with Crippen LogP contribution in [0.25, 0.3) is 16.9 Å². The summed E-state index contributed by atoms with van der Waals surface area (Å²) in [6.07, 6.45) is 13.1. The summed E-state index contributed by atoms with van der Waals surface area (Å²) in [6.45, 7) is 3.89. The summed E-state index contributed by atoms with van der Waals surface area (Å²) in [5.41, 5.74) is 5.09. The summed E-state index contributed by atoms with van der Waals surface area (Å²) in [6, 6.07) is 13.4. The van der Waals surface area contributed by atoms with E-state index in [0.717, 1.165) is 70.9 Å². The molecule has 3 aromatic rings. The van der Waals surface area contributed by atoms with Crippen molar-refractivity contribution in [3.8, 4) is 16.9 Å². The number of nitrogens with zero attached hydrogens (tertiary/aromatic N) is 2. The van der Waals surface area contributed by atoms with Crippen LogP contribution in [0.5, 0.6) is 0 Å². The minimum Gasteiger partial charge on any atom is -0.311 e. The van der Waals surface area contributed by atoms with Gasteiger partial charge in [-0.05, 0) is 124 Å². The standard InChI is InChI=1S/C32H38Cl3N3/c1-20-30(19-36-12-4-2-3-5-28-24-14-21-13-22(16-24)17-25(28)15-21)37-38(31-11-10-27(34)18-29(31)35)32(20)23-6-8-26(33)9-7-23/h6-11,18,21-22,24-25,28,36H,2-5,12-17,19H2,1H3. The van der Waals surface area contributed by atoms with Crippen LogP contribution in [0.15, 0.2) is 42.5 Å². The van der Waals surface area contributed by atoms with E-state index < -0.39 is 0 Å². The maximum Gasteiger partial charge on any atom is 0.0840 e. The quantitative estimate of drug-likeness (QED) is 0.246. The summed E-state index contributed by atoms with van der Waals surface area (Å²) in [5, 5.41) is 10.6. The van der Waals surface area contributed by atoms with Gasteiger partial charge in [0.05, 0.1) is 22.1 Å². The highest BCUT2D eigenvalue weighted by molar-refractivity contribution is 6.35. The molecule has 4 aliphatic rings. The van der Waals surface area contributed by atoms with E-state index in [2.05, 4.69) is 12.2 Å². The number of unbranched alkanes of at least 4 members (excludes halogenated alkanes) is 2. The Bertz CT molecular complexity index is 1240. The van der Waals surface area contributed by atoms with Gasteiger partial charge in [0.15, 0.2) is 0 Å². The first-order valence-electron chi connectivity index (χ1n) is 14.5. The zero-order valence-corrected chi connectivity index (χ0v) is 24.5. The Morgan fingerprint density at radius 3 is 2.21 bits per heavy atom. The van der Waals surface area contributed by atoms with E-state index in [1.165, 1.54) is 25.7 Å². The molecule has 3 nitrogen and oxygen atoms in total. The molecule has 0 atom stereocenters. The molecule has 0 unspecified atom stereocenters. The molecule has 4 saturated carbocycles. The van der Waals surface area contributed by atoms with Crippen molar-refractivity contribution in [2.24, 2.45) is 29.6 Å². The lowest BCUT2D eigenvalue weighted by Gasteiger charge is -2.54. The first kappa shape index (κ1) is 26.7. The Kier molecular flexibility index (Phi) is 8.10. The smallest absolute Gasteiger partial charge is 0.0840 e. The van der Waals surface area contributed by atoms with Gasteiger partial charge in [0.1, 0.15) is 0 Å². The number of hydrogen-bond acceptors (Lipinski definition) is 2. The minimum absolute atomic E-state index is 0.578. The fourth-order valence-electron chi connectivity index (χ4n) is 8.01. The first-order valence-corrected chi connectivity index (χ1v) is 15.6. The van der Waals surface area contributed by atoms with Crippen molar-refractivity contribution in [3.05, 3.63) is 68.8 Å². The summed E-state index contributed by atoms with van der Waals surface area (Å²) in [7, 11) is 0. The van der Waals surface area contributed by atoms with Crippen LogP contribution >= 0.6 is 34.8 Å². The molecule has 0 aliphatic heterocycles. The average molecular weight is 571 g/mol. The Morgan fingerprint density at radius 2 is 1.53 bits per heavy atom. The number of benzene rings is 2. The molecule has 7 rings (SSSR count). The molecule has 2 aromatic carbocycles. The molecule has 4 aliphatic carbocycles. The van der Waals surface area contributed by atoms with E-state index in [-0.39, 0.29) is 0 Å². The maximum atomic E-state index is 6.60. The molecule has 0 radical (unpaired) electrons. The molecule has 38 heavy (non-hydrogen) atoms. The van der Waals surface area contributed by atoms with Gasteiger partial charge in [0, 0.05) is 22.2 Å². The van der Waals surface area contributed by atoms with Crippen molar-refractivity contribution in [2.45, 2.75) is 71.3 Å². The highest BCUT2D eigenvalue weighted by atomic mass is 35.5. The van der Waals surface area contributed by atoms with Gasteiger partial charge in [-0.3, -0.25) is 0 Å². The lowest BCUT2D eigenvalue weighted by molar-refractivity contribution is -0.0404. The molecular weight excluding hydrogens is 533 g/mol. The van der Waals surface area contributed by atoms with E-state index in [4.69, 9.17) is 39.9 Å². The average Bonchev–Trinajstić information content (AvgIpc) is 3.20. The molecule has 1 aromatic heterocycles. The van der Waals surface area contributed by atoms with Gasteiger partial charge in [-0.15, -0.1) is 0 Å². The fourth-order valence-corrected chi connectivity index (χ4v) is 8.62. The van der Waals surface area contributed by atoms with Crippen molar-refractivity contribution in [1.29, 1.82) is 0 Å². The maximum absolute atomic E-state index is 6.60. The second kappa shape index (κ2) is 11.5. The second-order valence-corrected chi connectivity index (χ2v) is 13.3. The second-order valence-electron chi connectivity index (χ2n) is 12.1. The van der Waals surface area contributed by atoms with Crippen LogP contribution in [-0.2, 0) is 6.54 Å². The van der Waals surface area contributed by atoms with Crippen LogP contribution in [0.1, 0.15) is 69.0 Å².